The number of anilines is 2. The molecule has 0 atom stereocenters. The van der Waals surface area contributed by atoms with Crippen molar-refractivity contribution in [2.45, 2.75) is 27.2 Å². The van der Waals surface area contributed by atoms with Crippen molar-refractivity contribution in [2.75, 3.05) is 11.1 Å². The number of hydrogen-bond donors (Lipinski definition) is 2. The quantitative estimate of drug-likeness (QED) is 0.201. The third kappa shape index (κ3) is 12.8. The van der Waals surface area contributed by atoms with Gasteiger partial charge in [-0.3, -0.25) is 19.2 Å². The molecule has 1 amide bonds. The molecule has 0 heterocycles. The second-order valence-electron chi connectivity index (χ2n) is 7.54. The van der Waals surface area contributed by atoms with Gasteiger partial charge < -0.3 is 16.5 Å². The Balaban J connectivity index is 0. The third-order valence-corrected chi connectivity index (χ3v) is 5.27. The Morgan fingerprint density at radius 3 is 1.59 bits per heavy atom. The van der Waals surface area contributed by atoms with Gasteiger partial charge in [-0.25, -0.2) is 13.2 Å². The number of nitrogen functional groups attached to an aromatic ring is 1. The van der Waals surface area contributed by atoms with E-state index in [-0.39, 0.29) is 64.2 Å². The molecule has 3 rings (SSSR count). The first-order valence-electron chi connectivity index (χ1n) is 10.5. The predicted octanol–water partition coefficient (Wildman–Crippen LogP) is 2.39. The third-order valence-electron chi connectivity index (χ3n) is 4.83. The van der Waals surface area contributed by atoms with Crippen molar-refractivity contribution in [1.82, 2.24) is 0 Å². The summed E-state index contributed by atoms with van der Waals surface area (Å²) in [5, 5.41) is -0.0324. The first-order valence-corrected chi connectivity index (χ1v) is 11.2. The Labute approximate surface area is 255 Å². The molecule has 0 spiro atoms. The van der Waals surface area contributed by atoms with Gasteiger partial charge in [-0.05, 0) is 84.4 Å². The van der Waals surface area contributed by atoms with E-state index in [1.54, 1.807) is 45.0 Å². The van der Waals surface area contributed by atoms with Crippen molar-refractivity contribution in [3.8, 4) is 0 Å². The molecule has 13 heteroatoms. The number of benzene rings is 3. The number of nitrogens with one attached hydrogen (secondary N) is 1. The summed E-state index contributed by atoms with van der Waals surface area (Å²) < 4.78 is 39.8. The van der Waals surface area contributed by atoms with Crippen molar-refractivity contribution >= 4 is 56.8 Å². The zero-order valence-corrected chi connectivity index (χ0v) is 25.0. The SMILES string of the molecule is Cc1cccc(F)c1CC(=O)C(=O)Nc1c(C)cccc1F.Cc1cccc(F)c1N.O=C(Cl)C(=O)Cl.[Na+].[OH-]. The minimum absolute atomic E-state index is 0. The van der Waals surface area contributed by atoms with Crippen molar-refractivity contribution in [2.24, 2.45) is 0 Å². The fraction of sp³-hybridized carbons (Fsp3) is 0.154. The van der Waals surface area contributed by atoms with Crippen molar-refractivity contribution in [3.05, 3.63) is 94.3 Å². The number of amides is 1. The van der Waals surface area contributed by atoms with Gasteiger partial charge in [0.25, 0.3) is 5.91 Å². The zero-order valence-electron chi connectivity index (χ0n) is 21.5. The van der Waals surface area contributed by atoms with Gasteiger partial charge in [0.1, 0.15) is 17.5 Å². The average molecular weight is 595 g/mol. The van der Waals surface area contributed by atoms with Crippen LogP contribution in [0.1, 0.15) is 22.3 Å². The van der Waals surface area contributed by atoms with Gasteiger partial charge in [-0.15, -0.1) is 0 Å². The van der Waals surface area contributed by atoms with Gasteiger partial charge in [0.2, 0.25) is 5.78 Å². The summed E-state index contributed by atoms with van der Waals surface area (Å²) >= 11 is 8.98. The van der Waals surface area contributed by atoms with Crippen LogP contribution < -0.4 is 40.6 Å². The van der Waals surface area contributed by atoms with Gasteiger partial charge in [-0.1, -0.05) is 36.4 Å². The van der Waals surface area contributed by atoms with E-state index < -0.39 is 33.8 Å². The van der Waals surface area contributed by atoms with Crippen LogP contribution in [-0.2, 0) is 25.6 Å². The summed E-state index contributed by atoms with van der Waals surface area (Å²) in [4.78, 5) is 42.7. The molecule has 0 aromatic heterocycles. The fourth-order valence-electron chi connectivity index (χ4n) is 2.75. The number of aryl methyl sites for hydroxylation is 3. The second-order valence-corrected chi connectivity index (χ2v) is 8.23. The first kappa shape index (κ1) is 38.4. The maximum atomic E-state index is 13.7. The minimum Gasteiger partial charge on any atom is -0.870 e. The molecular formula is C26H24Cl2F3N2NaO5. The molecule has 0 aliphatic heterocycles. The van der Waals surface area contributed by atoms with Gasteiger partial charge in [0.15, 0.2) is 0 Å². The molecule has 0 bridgehead atoms. The smallest absolute Gasteiger partial charge is 0.870 e. The summed E-state index contributed by atoms with van der Waals surface area (Å²) in [5.41, 5.74) is 7.57. The van der Waals surface area contributed by atoms with Crippen LogP contribution >= 0.6 is 23.2 Å². The molecule has 4 N–H and O–H groups in total. The van der Waals surface area contributed by atoms with Crippen LogP contribution in [-0.4, -0.2) is 27.7 Å². The van der Waals surface area contributed by atoms with E-state index in [0.29, 0.717) is 11.1 Å². The van der Waals surface area contributed by atoms with Crippen LogP contribution in [0.3, 0.4) is 0 Å². The molecule has 0 aliphatic rings. The molecule has 39 heavy (non-hydrogen) atoms. The first-order chi connectivity index (χ1) is 17.3. The largest absolute Gasteiger partial charge is 1.00 e. The van der Waals surface area contributed by atoms with Crippen LogP contribution in [0.25, 0.3) is 0 Å². The molecule has 0 aliphatic carbocycles. The standard InChI is InChI=1S/C17H15F2NO2.C7H8FN.C2Cl2O2.Na.H2O/c1-10-5-3-7-13(18)12(10)9-15(21)17(22)20-16-11(2)6-4-8-14(16)19;1-5-3-2-4-6(8)7(5)9;3-1(5)2(4)6;;/h3-8H,9H2,1-2H3,(H,20,22);2-4H,9H2,1H3;;;1H2/q;;;+1;/p-1. The Morgan fingerprint density at radius 2 is 1.18 bits per heavy atom. The van der Waals surface area contributed by atoms with Crippen LogP contribution in [0.5, 0.6) is 0 Å². The summed E-state index contributed by atoms with van der Waals surface area (Å²) in [6.07, 6.45) is -0.363. The number of Topliss-reactive ketones (excluding diaryl/α,β-unsaturated/α-hetero) is 1. The topological polar surface area (TPSA) is 136 Å². The number of carbonyl (C=O) groups is 4. The predicted molar refractivity (Wildman–Crippen MR) is 139 cm³/mol. The average Bonchev–Trinajstić information content (AvgIpc) is 2.83. The number of rotatable bonds is 5. The van der Waals surface area contributed by atoms with E-state index in [1.807, 2.05) is 0 Å². The van der Waals surface area contributed by atoms with Gasteiger partial charge in [-0.2, -0.15) is 0 Å². The van der Waals surface area contributed by atoms with Crippen LogP contribution in [0.2, 0.25) is 0 Å². The minimum atomic E-state index is -1.14. The van der Waals surface area contributed by atoms with E-state index in [9.17, 15) is 32.3 Å². The summed E-state index contributed by atoms with van der Waals surface area (Å²) in [7, 11) is 0. The molecular weight excluding hydrogens is 571 g/mol. The number of carbonyl (C=O) groups excluding carboxylic acids is 4. The number of nitrogens with two attached hydrogens (primary N) is 1. The Morgan fingerprint density at radius 1 is 0.744 bits per heavy atom. The van der Waals surface area contributed by atoms with E-state index in [2.05, 4.69) is 28.5 Å². The van der Waals surface area contributed by atoms with E-state index in [0.717, 1.165) is 5.56 Å². The maximum absolute atomic E-state index is 13.7. The van der Waals surface area contributed by atoms with Crippen molar-refractivity contribution in [3.63, 3.8) is 0 Å². The van der Waals surface area contributed by atoms with E-state index in [4.69, 9.17) is 5.73 Å². The fourth-order valence-corrected chi connectivity index (χ4v) is 2.75. The number of halogens is 5. The monoisotopic (exact) mass is 594 g/mol. The number of hydrogen-bond acceptors (Lipinski definition) is 6. The zero-order chi connectivity index (χ0) is 28.3. The molecule has 3 aromatic rings. The van der Waals surface area contributed by atoms with E-state index in [1.165, 1.54) is 30.3 Å². The maximum Gasteiger partial charge on any atom is 1.00 e. The summed E-state index contributed by atoms with van der Waals surface area (Å²) in [6.45, 7) is 5.05. The van der Waals surface area contributed by atoms with Gasteiger partial charge in [0, 0.05) is 6.42 Å². The van der Waals surface area contributed by atoms with Crippen LogP contribution in [0.4, 0.5) is 24.5 Å². The van der Waals surface area contributed by atoms with Crippen LogP contribution in [0.15, 0.2) is 54.6 Å². The van der Waals surface area contributed by atoms with Gasteiger partial charge >= 0.3 is 40.0 Å². The molecule has 7 nitrogen and oxygen atoms in total. The van der Waals surface area contributed by atoms with Crippen molar-refractivity contribution < 1.29 is 67.4 Å². The Bertz CT molecular complexity index is 1190. The van der Waals surface area contributed by atoms with Crippen molar-refractivity contribution in [1.29, 1.82) is 0 Å². The molecule has 0 saturated heterocycles. The summed E-state index contributed by atoms with van der Waals surface area (Å²) in [5.74, 6) is -3.28. The Kier molecular flexibility index (Phi) is 18.3. The van der Waals surface area contributed by atoms with E-state index >= 15 is 0 Å². The molecule has 0 unspecified atom stereocenters. The van der Waals surface area contributed by atoms with Gasteiger partial charge in [0.05, 0.1) is 11.4 Å². The molecule has 3 aromatic carbocycles. The summed E-state index contributed by atoms with van der Waals surface area (Å²) in [6, 6.07) is 13.5. The number of para-hydroxylation sites is 2. The molecule has 0 radical (unpaired) electrons. The molecule has 204 valence electrons. The molecule has 0 saturated carbocycles. The number of ketones is 1. The Hall–Kier alpha value is -2.73. The van der Waals surface area contributed by atoms with Crippen LogP contribution in [0, 0.1) is 38.2 Å². The molecule has 0 fully saturated rings. The second kappa shape index (κ2) is 18.5. The normalized spacial score (nSPS) is 9.23.